The third-order valence-electron chi connectivity index (χ3n) is 4.49. The average Bonchev–Trinajstić information content (AvgIpc) is 2.74. The largest absolute Gasteiger partial charge is 0.416 e. The number of alkyl halides is 3. The summed E-state index contributed by atoms with van der Waals surface area (Å²) in [7, 11) is -4.43. The zero-order chi connectivity index (χ0) is 24.9. The Morgan fingerprint density at radius 3 is 2.44 bits per heavy atom. The van der Waals surface area contributed by atoms with Gasteiger partial charge in [-0.15, -0.1) is 0 Å². The summed E-state index contributed by atoms with van der Waals surface area (Å²) in [6.45, 7) is 1.70. The van der Waals surface area contributed by atoms with E-state index < -0.39 is 32.7 Å². The predicted molar refractivity (Wildman–Crippen MR) is 121 cm³/mol. The summed E-state index contributed by atoms with van der Waals surface area (Å²) in [6.07, 6.45) is -3.37. The van der Waals surface area contributed by atoms with Crippen LogP contribution in [0.4, 0.5) is 13.2 Å². The minimum absolute atomic E-state index is 0.0253. The van der Waals surface area contributed by atoms with Crippen molar-refractivity contribution in [3.63, 3.8) is 0 Å². The van der Waals surface area contributed by atoms with E-state index in [4.69, 9.17) is 15.8 Å². The molecule has 3 aromatic carbocycles. The van der Waals surface area contributed by atoms with E-state index in [0.29, 0.717) is 28.3 Å². The van der Waals surface area contributed by atoms with Crippen LogP contribution in [0.3, 0.4) is 0 Å². The zero-order valence-electron chi connectivity index (χ0n) is 17.6. The molecule has 6 nitrogen and oxygen atoms in total. The van der Waals surface area contributed by atoms with Crippen molar-refractivity contribution in [2.24, 2.45) is 5.10 Å². The van der Waals surface area contributed by atoms with Crippen molar-refractivity contribution in [1.82, 2.24) is 5.43 Å². The molecule has 0 aliphatic rings. The molecule has 0 saturated carbocycles. The molecule has 3 rings (SSSR count). The molecule has 3 aromatic rings. The van der Waals surface area contributed by atoms with E-state index >= 15 is 0 Å². The number of nitrogens with one attached hydrogen (secondary N) is 1. The summed E-state index contributed by atoms with van der Waals surface area (Å²) >= 11 is 5.89. The predicted octanol–water partition coefficient (Wildman–Crippen LogP) is 5.13. The SMILES string of the molecule is Cc1ccc(C=NNC(=O)Cc2cccc(Cl)c2)c(OS(=O)(=O)c2ccc(C(F)(F)F)cc2)c1. The normalized spacial score (nSPS) is 12.0. The number of rotatable bonds is 7. The monoisotopic (exact) mass is 510 g/mol. The van der Waals surface area contributed by atoms with E-state index in [9.17, 15) is 26.4 Å². The lowest BCUT2D eigenvalue weighted by Crippen LogP contribution is -2.20. The highest BCUT2D eigenvalue weighted by atomic mass is 35.5. The molecule has 0 bridgehead atoms. The van der Waals surface area contributed by atoms with Gasteiger partial charge < -0.3 is 4.18 Å². The van der Waals surface area contributed by atoms with Crippen molar-refractivity contribution in [2.45, 2.75) is 24.4 Å². The number of amides is 1. The molecular formula is C23H18ClF3N2O4S. The number of halogens is 4. The highest BCUT2D eigenvalue weighted by Crippen LogP contribution is 2.30. The lowest BCUT2D eigenvalue weighted by molar-refractivity contribution is -0.137. The van der Waals surface area contributed by atoms with Gasteiger partial charge in [-0.05, 0) is 66.6 Å². The summed E-state index contributed by atoms with van der Waals surface area (Å²) in [5, 5.41) is 4.32. The molecule has 0 atom stereocenters. The summed E-state index contributed by atoms with van der Waals surface area (Å²) < 4.78 is 68.6. The van der Waals surface area contributed by atoms with E-state index in [1.165, 1.54) is 18.3 Å². The number of hydrazone groups is 1. The topological polar surface area (TPSA) is 84.8 Å². The third-order valence-corrected chi connectivity index (χ3v) is 5.97. The molecule has 0 aliphatic carbocycles. The number of nitrogens with zero attached hydrogens (tertiary/aromatic N) is 1. The Balaban J connectivity index is 1.74. The van der Waals surface area contributed by atoms with Crippen LogP contribution in [-0.2, 0) is 27.5 Å². The van der Waals surface area contributed by atoms with Gasteiger partial charge in [-0.1, -0.05) is 29.8 Å². The van der Waals surface area contributed by atoms with E-state index in [2.05, 4.69) is 10.5 Å². The van der Waals surface area contributed by atoms with Crippen LogP contribution in [0.2, 0.25) is 5.02 Å². The van der Waals surface area contributed by atoms with Gasteiger partial charge in [0.2, 0.25) is 5.91 Å². The van der Waals surface area contributed by atoms with Crippen LogP contribution in [0, 0.1) is 6.92 Å². The maximum Gasteiger partial charge on any atom is 0.416 e. The van der Waals surface area contributed by atoms with Crippen LogP contribution < -0.4 is 9.61 Å². The Labute approximate surface area is 199 Å². The molecule has 0 aliphatic heterocycles. The van der Waals surface area contributed by atoms with Gasteiger partial charge in [0.25, 0.3) is 0 Å². The van der Waals surface area contributed by atoms with Crippen molar-refractivity contribution in [3.8, 4) is 5.75 Å². The lowest BCUT2D eigenvalue weighted by atomic mass is 10.1. The quantitative estimate of drug-likeness (QED) is 0.271. The van der Waals surface area contributed by atoms with Crippen molar-refractivity contribution in [1.29, 1.82) is 0 Å². The first-order chi connectivity index (χ1) is 15.9. The van der Waals surface area contributed by atoms with Gasteiger partial charge in [0.1, 0.15) is 4.90 Å². The van der Waals surface area contributed by atoms with Crippen LogP contribution in [0.15, 0.2) is 76.7 Å². The lowest BCUT2D eigenvalue weighted by Gasteiger charge is -2.11. The Morgan fingerprint density at radius 1 is 1.09 bits per heavy atom. The fourth-order valence-electron chi connectivity index (χ4n) is 2.84. The van der Waals surface area contributed by atoms with Crippen molar-refractivity contribution in [3.05, 3.63) is 94.0 Å². The van der Waals surface area contributed by atoms with E-state index in [1.807, 2.05) is 0 Å². The molecule has 0 unspecified atom stereocenters. The maximum atomic E-state index is 12.7. The molecule has 178 valence electrons. The van der Waals surface area contributed by atoms with Crippen molar-refractivity contribution >= 4 is 33.8 Å². The highest BCUT2D eigenvalue weighted by Gasteiger charge is 2.31. The molecule has 0 saturated heterocycles. The number of benzene rings is 3. The Kier molecular flexibility index (Phi) is 7.63. The Hall–Kier alpha value is -3.37. The number of carbonyl (C=O) groups is 1. The molecular weight excluding hydrogens is 493 g/mol. The third kappa shape index (κ3) is 6.82. The fraction of sp³-hybridized carbons (Fsp3) is 0.130. The van der Waals surface area contributed by atoms with Crippen LogP contribution >= 0.6 is 11.6 Å². The number of hydrogen-bond acceptors (Lipinski definition) is 5. The molecule has 0 radical (unpaired) electrons. The van der Waals surface area contributed by atoms with Gasteiger partial charge in [-0.3, -0.25) is 4.79 Å². The molecule has 1 N–H and O–H groups in total. The molecule has 11 heteroatoms. The van der Waals surface area contributed by atoms with Gasteiger partial charge in [0, 0.05) is 10.6 Å². The van der Waals surface area contributed by atoms with Crippen LogP contribution in [0.25, 0.3) is 0 Å². The molecule has 0 spiro atoms. The number of hydrogen-bond donors (Lipinski definition) is 1. The van der Waals surface area contributed by atoms with Crippen LogP contribution in [-0.4, -0.2) is 20.5 Å². The number of aryl methyl sites for hydroxylation is 1. The smallest absolute Gasteiger partial charge is 0.378 e. The second-order valence-electron chi connectivity index (χ2n) is 7.20. The first kappa shape index (κ1) is 25.3. The first-order valence-electron chi connectivity index (χ1n) is 9.73. The van der Waals surface area contributed by atoms with E-state index in [1.54, 1.807) is 37.3 Å². The van der Waals surface area contributed by atoms with E-state index in [0.717, 1.165) is 12.1 Å². The molecule has 1 amide bonds. The van der Waals surface area contributed by atoms with Gasteiger partial charge in [0.05, 0.1) is 18.2 Å². The van der Waals surface area contributed by atoms with Gasteiger partial charge >= 0.3 is 16.3 Å². The minimum atomic E-state index is -4.60. The number of carbonyl (C=O) groups excluding carboxylic acids is 1. The van der Waals surface area contributed by atoms with Crippen LogP contribution in [0.5, 0.6) is 5.75 Å². The average molecular weight is 511 g/mol. The highest BCUT2D eigenvalue weighted by molar-refractivity contribution is 7.87. The zero-order valence-corrected chi connectivity index (χ0v) is 19.2. The van der Waals surface area contributed by atoms with Gasteiger partial charge in [-0.25, -0.2) is 5.43 Å². The Bertz CT molecular complexity index is 1320. The van der Waals surface area contributed by atoms with Gasteiger partial charge in [-0.2, -0.15) is 26.7 Å². The van der Waals surface area contributed by atoms with Crippen LogP contribution in [0.1, 0.15) is 22.3 Å². The second-order valence-corrected chi connectivity index (χ2v) is 9.18. The molecule has 0 fully saturated rings. The second kappa shape index (κ2) is 10.3. The van der Waals surface area contributed by atoms with Gasteiger partial charge in [0.15, 0.2) is 5.75 Å². The molecule has 0 heterocycles. The summed E-state index contributed by atoms with van der Waals surface area (Å²) in [5.74, 6) is -0.529. The fourth-order valence-corrected chi connectivity index (χ4v) is 4.00. The Morgan fingerprint density at radius 2 is 1.79 bits per heavy atom. The van der Waals surface area contributed by atoms with E-state index in [-0.39, 0.29) is 17.7 Å². The first-order valence-corrected chi connectivity index (χ1v) is 11.5. The van der Waals surface area contributed by atoms with Crippen molar-refractivity contribution < 1.29 is 30.6 Å². The summed E-state index contributed by atoms with van der Waals surface area (Å²) in [5.41, 5.74) is 2.92. The molecule has 0 aromatic heterocycles. The molecule has 34 heavy (non-hydrogen) atoms. The summed E-state index contributed by atoms with van der Waals surface area (Å²) in [4.78, 5) is 11.6. The standard InChI is InChI=1S/C23H18ClF3N2O4S/c1-15-5-6-17(14-28-29-22(30)13-16-3-2-4-19(24)12-16)21(11-15)33-34(31,32)20-9-7-18(8-10-20)23(25,26)27/h2-12,14H,13H2,1H3,(H,29,30). The maximum absolute atomic E-state index is 12.7. The van der Waals surface area contributed by atoms with Crippen molar-refractivity contribution in [2.75, 3.05) is 0 Å². The summed E-state index contributed by atoms with van der Waals surface area (Å²) in [6, 6.07) is 14.3. The minimum Gasteiger partial charge on any atom is -0.378 e.